The summed E-state index contributed by atoms with van der Waals surface area (Å²) in [6, 6.07) is 19.4. The van der Waals surface area contributed by atoms with Crippen LogP contribution in [0, 0.1) is 0 Å². The highest BCUT2D eigenvalue weighted by molar-refractivity contribution is 5.66. The van der Waals surface area contributed by atoms with Crippen LogP contribution in [-0.2, 0) is 4.79 Å². The van der Waals surface area contributed by atoms with Crippen molar-refractivity contribution in [2.45, 2.75) is 84.0 Å². The van der Waals surface area contributed by atoms with Crippen LogP contribution in [0.4, 0.5) is 11.4 Å². The smallest absolute Gasteiger partial charge is 0.303 e. The van der Waals surface area contributed by atoms with Crippen molar-refractivity contribution >= 4 is 17.3 Å². The van der Waals surface area contributed by atoms with Gasteiger partial charge in [0.1, 0.15) is 0 Å². The summed E-state index contributed by atoms with van der Waals surface area (Å²) in [4.78, 5) is 10.3. The second kappa shape index (κ2) is 18.5. The first-order valence-electron chi connectivity index (χ1n) is 11.5. The van der Waals surface area contributed by atoms with Crippen molar-refractivity contribution in [2.24, 2.45) is 10.2 Å². The van der Waals surface area contributed by atoms with Crippen LogP contribution in [-0.4, -0.2) is 11.1 Å². The van der Waals surface area contributed by atoms with Gasteiger partial charge in [-0.15, -0.1) is 0 Å². The molecule has 0 unspecified atom stereocenters. The molecule has 2 aromatic rings. The lowest BCUT2D eigenvalue weighted by Gasteiger charge is -2.01. The molecule has 0 saturated carbocycles. The number of azo groups is 1. The number of carbonyl (C=O) groups is 1. The summed E-state index contributed by atoms with van der Waals surface area (Å²) < 4.78 is 0. The zero-order valence-electron chi connectivity index (χ0n) is 18.5. The van der Waals surface area contributed by atoms with Crippen molar-refractivity contribution in [3.05, 3.63) is 60.7 Å². The molecule has 4 nitrogen and oxygen atoms in total. The van der Waals surface area contributed by atoms with Crippen molar-refractivity contribution in [1.82, 2.24) is 0 Å². The molecule has 0 heterocycles. The minimum Gasteiger partial charge on any atom is -0.481 e. The molecule has 0 spiro atoms. The fourth-order valence-electron chi connectivity index (χ4n) is 3.05. The molecule has 0 amide bonds. The summed E-state index contributed by atoms with van der Waals surface area (Å²) in [6.07, 6.45) is 14.4. The standard InChI is InChI=1S/C14H28O2.C12H10N2/c1-2-3-4-5-6-7-8-9-10-11-12-13-14(15)16;1-3-7-11(8-4-1)13-14-12-9-5-2-6-10-12/h2-13H2,1H3,(H,15,16);1-10H. The maximum atomic E-state index is 10.3. The normalized spacial score (nSPS) is 10.6. The van der Waals surface area contributed by atoms with E-state index in [0.717, 1.165) is 24.2 Å². The molecule has 164 valence electrons. The summed E-state index contributed by atoms with van der Waals surface area (Å²) in [5, 5.41) is 16.7. The Balaban J connectivity index is 0.000000301. The molecule has 0 saturated heterocycles. The number of carboxylic acids is 1. The van der Waals surface area contributed by atoms with Gasteiger partial charge < -0.3 is 5.11 Å². The zero-order chi connectivity index (χ0) is 21.7. The van der Waals surface area contributed by atoms with Crippen LogP contribution >= 0.6 is 0 Å². The first kappa shape index (κ1) is 25.5. The number of rotatable bonds is 14. The van der Waals surface area contributed by atoms with Gasteiger partial charge >= 0.3 is 5.97 Å². The molecule has 0 fully saturated rings. The molecule has 0 aliphatic heterocycles. The van der Waals surface area contributed by atoms with Crippen LogP contribution < -0.4 is 0 Å². The maximum Gasteiger partial charge on any atom is 0.303 e. The Morgan fingerprint density at radius 3 is 1.37 bits per heavy atom. The summed E-state index contributed by atoms with van der Waals surface area (Å²) in [5.41, 5.74) is 1.74. The molecule has 0 aliphatic rings. The molecule has 0 radical (unpaired) electrons. The Labute approximate surface area is 182 Å². The average molecular weight is 411 g/mol. The summed E-state index contributed by atoms with van der Waals surface area (Å²) in [7, 11) is 0. The van der Waals surface area contributed by atoms with Crippen LogP contribution in [0.3, 0.4) is 0 Å². The second-order valence-corrected chi connectivity index (χ2v) is 7.55. The molecule has 0 aliphatic carbocycles. The lowest BCUT2D eigenvalue weighted by atomic mass is 10.1. The van der Waals surface area contributed by atoms with Gasteiger partial charge in [0, 0.05) is 6.42 Å². The highest BCUT2D eigenvalue weighted by atomic mass is 16.4. The molecular weight excluding hydrogens is 372 g/mol. The topological polar surface area (TPSA) is 62.0 Å². The summed E-state index contributed by atoms with van der Waals surface area (Å²) >= 11 is 0. The molecular formula is C26H38N2O2. The molecule has 0 atom stereocenters. The van der Waals surface area contributed by atoms with Gasteiger partial charge in [0.2, 0.25) is 0 Å². The third-order valence-corrected chi connectivity index (χ3v) is 4.79. The fraction of sp³-hybridized carbons (Fsp3) is 0.500. The maximum absolute atomic E-state index is 10.3. The van der Waals surface area contributed by atoms with Gasteiger partial charge in [0.15, 0.2) is 0 Å². The number of unbranched alkanes of at least 4 members (excludes halogenated alkanes) is 10. The minimum atomic E-state index is -0.657. The number of nitrogens with zero attached hydrogens (tertiary/aromatic N) is 2. The Kier molecular flexibility index (Phi) is 15.8. The first-order valence-corrected chi connectivity index (χ1v) is 11.5. The van der Waals surface area contributed by atoms with E-state index in [-0.39, 0.29) is 0 Å². The molecule has 30 heavy (non-hydrogen) atoms. The number of aliphatic carboxylic acids is 1. The SMILES string of the molecule is CCCCCCCCCCCCCC(=O)O.c1ccc(N=Nc2ccccc2)cc1. The third kappa shape index (κ3) is 15.4. The third-order valence-electron chi connectivity index (χ3n) is 4.79. The largest absolute Gasteiger partial charge is 0.481 e. The zero-order valence-corrected chi connectivity index (χ0v) is 18.5. The molecule has 0 aromatic heterocycles. The van der Waals surface area contributed by atoms with Gasteiger partial charge in [0.05, 0.1) is 11.4 Å². The van der Waals surface area contributed by atoms with Crippen LogP contribution in [0.15, 0.2) is 70.9 Å². The quantitative estimate of drug-likeness (QED) is 0.250. The summed E-state index contributed by atoms with van der Waals surface area (Å²) in [6.45, 7) is 2.25. The van der Waals surface area contributed by atoms with Crippen LogP contribution in [0.1, 0.15) is 84.0 Å². The lowest BCUT2D eigenvalue weighted by Crippen LogP contribution is -1.93. The van der Waals surface area contributed by atoms with Crippen LogP contribution in [0.25, 0.3) is 0 Å². The van der Waals surface area contributed by atoms with Crippen LogP contribution in [0.2, 0.25) is 0 Å². The Morgan fingerprint density at radius 1 is 0.633 bits per heavy atom. The average Bonchev–Trinajstić information content (AvgIpc) is 2.78. The molecule has 4 heteroatoms. The molecule has 2 rings (SSSR count). The monoisotopic (exact) mass is 410 g/mol. The minimum absolute atomic E-state index is 0.344. The number of carboxylic acid groups (broad SMARTS) is 1. The lowest BCUT2D eigenvalue weighted by molar-refractivity contribution is -0.137. The Morgan fingerprint density at radius 2 is 1.00 bits per heavy atom. The van der Waals surface area contributed by atoms with E-state index in [1.54, 1.807) is 0 Å². The van der Waals surface area contributed by atoms with Crippen molar-refractivity contribution in [1.29, 1.82) is 0 Å². The molecule has 0 bridgehead atoms. The van der Waals surface area contributed by atoms with E-state index < -0.39 is 5.97 Å². The van der Waals surface area contributed by atoms with E-state index in [2.05, 4.69) is 17.2 Å². The van der Waals surface area contributed by atoms with Crippen molar-refractivity contribution < 1.29 is 9.90 Å². The predicted molar refractivity (Wildman–Crippen MR) is 126 cm³/mol. The van der Waals surface area contributed by atoms with Crippen molar-refractivity contribution in [3.8, 4) is 0 Å². The van der Waals surface area contributed by atoms with Gasteiger partial charge in [-0.25, -0.2) is 0 Å². The van der Waals surface area contributed by atoms with Gasteiger partial charge in [0.25, 0.3) is 0 Å². The first-order chi connectivity index (χ1) is 14.7. The van der Waals surface area contributed by atoms with E-state index in [0.29, 0.717) is 6.42 Å². The van der Waals surface area contributed by atoms with Crippen molar-refractivity contribution in [3.63, 3.8) is 0 Å². The fourth-order valence-corrected chi connectivity index (χ4v) is 3.05. The number of benzene rings is 2. The predicted octanol–water partition coefficient (Wildman–Crippen LogP) is 8.87. The van der Waals surface area contributed by atoms with Gasteiger partial charge in [-0.1, -0.05) is 108 Å². The Hall–Kier alpha value is -2.49. The van der Waals surface area contributed by atoms with Crippen molar-refractivity contribution in [2.75, 3.05) is 0 Å². The van der Waals surface area contributed by atoms with Gasteiger partial charge in [-0.05, 0) is 30.7 Å². The van der Waals surface area contributed by atoms with Gasteiger partial charge in [-0.2, -0.15) is 10.2 Å². The highest BCUT2D eigenvalue weighted by Gasteiger charge is 1.96. The van der Waals surface area contributed by atoms with E-state index in [9.17, 15) is 4.79 Å². The number of hydrogen-bond donors (Lipinski definition) is 1. The van der Waals surface area contributed by atoms with E-state index in [1.807, 2.05) is 60.7 Å². The van der Waals surface area contributed by atoms with Gasteiger partial charge in [-0.3, -0.25) is 4.79 Å². The van der Waals surface area contributed by atoms with E-state index >= 15 is 0 Å². The highest BCUT2D eigenvalue weighted by Crippen LogP contribution is 2.16. The van der Waals surface area contributed by atoms with Crippen LogP contribution in [0.5, 0.6) is 0 Å². The molecule has 2 aromatic carbocycles. The second-order valence-electron chi connectivity index (χ2n) is 7.55. The Bertz CT molecular complexity index is 630. The van der Waals surface area contributed by atoms with E-state index in [4.69, 9.17) is 5.11 Å². The molecule has 1 N–H and O–H groups in total. The summed E-state index contributed by atoms with van der Waals surface area (Å²) in [5.74, 6) is -0.657. The number of hydrogen-bond acceptors (Lipinski definition) is 3. The van der Waals surface area contributed by atoms with E-state index in [1.165, 1.54) is 57.8 Å².